The van der Waals surface area contributed by atoms with Gasteiger partial charge in [0.2, 0.25) is 0 Å². The average Bonchev–Trinajstić information content (AvgIpc) is 2.32. The van der Waals surface area contributed by atoms with Crippen molar-refractivity contribution in [2.75, 3.05) is 0 Å². The number of aliphatic hydroxyl groups excluding tert-OH is 1. The van der Waals surface area contributed by atoms with Gasteiger partial charge < -0.3 is 10.8 Å². The van der Waals surface area contributed by atoms with E-state index in [1.54, 1.807) is 13.8 Å². The first-order valence-electron chi connectivity index (χ1n) is 5.78. The van der Waals surface area contributed by atoms with Crippen LogP contribution in [-0.2, 0) is 0 Å². The smallest absolute Gasteiger partial charge is 0.133 e. The maximum absolute atomic E-state index is 13.8. The topological polar surface area (TPSA) is 46.2 Å². The summed E-state index contributed by atoms with van der Waals surface area (Å²) < 4.78 is 27.4. The van der Waals surface area contributed by atoms with Gasteiger partial charge in [-0.25, -0.2) is 8.78 Å². The fourth-order valence-electron chi connectivity index (χ4n) is 1.75. The molecule has 0 aliphatic rings. The second kappa shape index (κ2) is 7.02. The molecule has 0 radical (unpaired) electrons. The zero-order chi connectivity index (χ0) is 13.2. The molecule has 5 heteroatoms. The number of nitrogens with two attached hydrogens (primary N) is 1. The highest BCUT2D eigenvalue weighted by molar-refractivity contribution is 5.85. The van der Waals surface area contributed by atoms with Crippen LogP contribution in [0.3, 0.4) is 0 Å². The summed E-state index contributed by atoms with van der Waals surface area (Å²) in [5.74, 6) is -1.48. The molecular formula is C13H20ClF2NO. The van der Waals surface area contributed by atoms with Crippen molar-refractivity contribution in [2.24, 2.45) is 11.7 Å². The number of benzene rings is 1. The minimum atomic E-state index is -1.04. The van der Waals surface area contributed by atoms with Crippen LogP contribution in [0.15, 0.2) is 12.1 Å². The van der Waals surface area contributed by atoms with Gasteiger partial charge in [-0.3, -0.25) is 0 Å². The van der Waals surface area contributed by atoms with Crippen LogP contribution in [0.4, 0.5) is 8.78 Å². The van der Waals surface area contributed by atoms with Gasteiger partial charge in [0, 0.05) is 5.56 Å². The Balaban J connectivity index is 0.00000289. The lowest BCUT2D eigenvalue weighted by Crippen LogP contribution is -2.33. The fraction of sp³-hybridized carbons (Fsp3) is 0.538. The molecule has 3 atom stereocenters. The van der Waals surface area contributed by atoms with Crippen molar-refractivity contribution >= 4 is 12.4 Å². The van der Waals surface area contributed by atoms with E-state index in [1.165, 1.54) is 12.1 Å². The first kappa shape index (κ1) is 17.3. The zero-order valence-corrected chi connectivity index (χ0v) is 11.6. The van der Waals surface area contributed by atoms with E-state index in [1.807, 2.05) is 6.92 Å². The molecule has 0 fully saturated rings. The molecular weight excluding hydrogens is 260 g/mol. The Hall–Kier alpha value is -0.710. The Kier molecular flexibility index (Phi) is 6.74. The van der Waals surface area contributed by atoms with Crippen molar-refractivity contribution < 1.29 is 13.9 Å². The van der Waals surface area contributed by atoms with Crippen LogP contribution < -0.4 is 5.73 Å². The van der Waals surface area contributed by atoms with Gasteiger partial charge in [-0.2, -0.15) is 0 Å². The maximum Gasteiger partial charge on any atom is 0.133 e. The third kappa shape index (κ3) is 3.40. The van der Waals surface area contributed by atoms with Crippen LogP contribution >= 0.6 is 12.4 Å². The summed E-state index contributed by atoms with van der Waals surface area (Å²) >= 11 is 0. The van der Waals surface area contributed by atoms with E-state index in [9.17, 15) is 13.9 Å². The zero-order valence-electron chi connectivity index (χ0n) is 10.8. The average molecular weight is 280 g/mol. The minimum absolute atomic E-state index is 0. The second-order valence-electron chi connectivity index (χ2n) is 4.49. The van der Waals surface area contributed by atoms with Crippen LogP contribution in [0.1, 0.15) is 37.4 Å². The van der Waals surface area contributed by atoms with Gasteiger partial charge in [0.15, 0.2) is 0 Å². The third-order valence-electron chi connectivity index (χ3n) is 3.25. The molecule has 0 aliphatic carbocycles. The molecule has 0 aromatic heterocycles. The summed E-state index contributed by atoms with van der Waals surface area (Å²) in [5.41, 5.74) is 5.86. The standard InChI is InChI=1S/C13H19F2NO.ClH/c1-4-7(2)13(17)12(16)10-9(14)6-5-8(3)11(10)15;/h5-7,12-13,17H,4,16H2,1-3H3;1H/t7?,12-,13+;/m1./s1. The van der Waals surface area contributed by atoms with Gasteiger partial charge in [0.1, 0.15) is 11.6 Å². The molecule has 18 heavy (non-hydrogen) atoms. The summed E-state index contributed by atoms with van der Waals surface area (Å²) in [7, 11) is 0. The largest absolute Gasteiger partial charge is 0.391 e. The van der Waals surface area contributed by atoms with Gasteiger partial charge in [-0.05, 0) is 24.5 Å². The molecule has 1 rings (SSSR count). The van der Waals surface area contributed by atoms with Crippen LogP contribution in [0.5, 0.6) is 0 Å². The molecule has 0 heterocycles. The highest BCUT2D eigenvalue weighted by Crippen LogP contribution is 2.27. The quantitative estimate of drug-likeness (QED) is 0.890. The first-order valence-corrected chi connectivity index (χ1v) is 5.78. The lowest BCUT2D eigenvalue weighted by atomic mass is 9.90. The fourth-order valence-corrected chi connectivity index (χ4v) is 1.75. The predicted molar refractivity (Wildman–Crippen MR) is 70.7 cm³/mol. The summed E-state index contributed by atoms with van der Waals surface area (Å²) in [6, 6.07) is 1.50. The van der Waals surface area contributed by atoms with E-state index < -0.39 is 23.8 Å². The number of hydrogen-bond donors (Lipinski definition) is 2. The molecule has 3 N–H and O–H groups in total. The molecule has 1 unspecified atom stereocenters. The highest BCUT2D eigenvalue weighted by atomic mass is 35.5. The Morgan fingerprint density at radius 2 is 1.89 bits per heavy atom. The molecule has 2 nitrogen and oxygen atoms in total. The molecule has 1 aromatic rings. The van der Waals surface area contributed by atoms with Crippen molar-refractivity contribution in [2.45, 2.75) is 39.3 Å². The molecule has 0 amide bonds. The van der Waals surface area contributed by atoms with Gasteiger partial charge >= 0.3 is 0 Å². The molecule has 0 spiro atoms. The summed E-state index contributed by atoms with van der Waals surface area (Å²) in [6.07, 6.45) is -0.255. The lowest BCUT2D eigenvalue weighted by Gasteiger charge is -2.25. The van der Waals surface area contributed by atoms with Gasteiger partial charge in [0.05, 0.1) is 12.1 Å². The van der Waals surface area contributed by atoms with Crippen molar-refractivity contribution in [3.05, 3.63) is 34.9 Å². The van der Waals surface area contributed by atoms with E-state index in [-0.39, 0.29) is 23.9 Å². The highest BCUT2D eigenvalue weighted by Gasteiger charge is 2.27. The Morgan fingerprint density at radius 3 is 2.39 bits per heavy atom. The van der Waals surface area contributed by atoms with Gasteiger partial charge in [-0.1, -0.05) is 26.3 Å². The lowest BCUT2D eigenvalue weighted by molar-refractivity contribution is 0.0853. The van der Waals surface area contributed by atoms with Crippen LogP contribution in [-0.4, -0.2) is 11.2 Å². The normalized spacial score (nSPS) is 15.7. The maximum atomic E-state index is 13.8. The Bertz CT molecular complexity index is 401. The molecule has 0 saturated heterocycles. The Labute approximate surface area is 113 Å². The minimum Gasteiger partial charge on any atom is -0.391 e. The number of rotatable bonds is 4. The molecule has 0 saturated carbocycles. The first-order chi connectivity index (χ1) is 7.90. The van der Waals surface area contributed by atoms with E-state index in [0.29, 0.717) is 12.0 Å². The predicted octanol–water partition coefficient (Wildman–Crippen LogP) is 3.10. The molecule has 104 valence electrons. The van der Waals surface area contributed by atoms with E-state index >= 15 is 0 Å². The number of aliphatic hydroxyl groups is 1. The summed E-state index contributed by atoms with van der Waals surface area (Å²) in [6.45, 7) is 5.24. The van der Waals surface area contributed by atoms with E-state index in [4.69, 9.17) is 5.73 Å². The second-order valence-corrected chi connectivity index (χ2v) is 4.49. The van der Waals surface area contributed by atoms with Gasteiger partial charge in [-0.15, -0.1) is 12.4 Å². The summed E-state index contributed by atoms with van der Waals surface area (Å²) in [5, 5.41) is 9.92. The van der Waals surface area contributed by atoms with Gasteiger partial charge in [0.25, 0.3) is 0 Å². The van der Waals surface area contributed by atoms with E-state index in [2.05, 4.69) is 0 Å². The monoisotopic (exact) mass is 279 g/mol. The van der Waals surface area contributed by atoms with Crippen LogP contribution in [0, 0.1) is 24.5 Å². The number of halogens is 3. The van der Waals surface area contributed by atoms with Crippen LogP contribution in [0.25, 0.3) is 0 Å². The van der Waals surface area contributed by atoms with Crippen molar-refractivity contribution in [3.63, 3.8) is 0 Å². The number of aryl methyl sites for hydroxylation is 1. The van der Waals surface area contributed by atoms with Crippen LogP contribution in [0.2, 0.25) is 0 Å². The Morgan fingerprint density at radius 1 is 1.33 bits per heavy atom. The SMILES string of the molecule is CCC(C)[C@H](O)[C@H](N)c1c(F)ccc(C)c1F.Cl. The molecule has 1 aromatic carbocycles. The van der Waals surface area contributed by atoms with Crippen molar-refractivity contribution in [3.8, 4) is 0 Å². The van der Waals surface area contributed by atoms with Crippen molar-refractivity contribution in [1.82, 2.24) is 0 Å². The summed E-state index contributed by atoms with van der Waals surface area (Å²) in [4.78, 5) is 0. The van der Waals surface area contributed by atoms with Crippen molar-refractivity contribution in [1.29, 1.82) is 0 Å². The van der Waals surface area contributed by atoms with E-state index in [0.717, 1.165) is 0 Å². The number of hydrogen-bond acceptors (Lipinski definition) is 2. The third-order valence-corrected chi connectivity index (χ3v) is 3.25. The molecule has 0 aliphatic heterocycles. The molecule has 0 bridgehead atoms.